The highest BCUT2D eigenvalue weighted by atomic mass is 127. The van der Waals surface area contributed by atoms with Gasteiger partial charge in [0.05, 0.1) is 13.7 Å². The van der Waals surface area contributed by atoms with Crippen LogP contribution in [0, 0.1) is 32.3 Å². The molecule has 0 saturated heterocycles. The molecule has 156 valence electrons. The molecule has 0 bridgehead atoms. The summed E-state index contributed by atoms with van der Waals surface area (Å²) in [6.07, 6.45) is 1.53. The van der Waals surface area contributed by atoms with E-state index in [4.69, 9.17) is 9.47 Å². The highest BCUT2D eigenvalue weighted by Gasteiger charge is 2.14. The van der Waals surface area contributed by atoms with Crippen molar-refractivity contribution < 1.29 is 19.1 Å². The number of amides is 1. The summed E-state index contributed by atoms with van der Waals surface area (Å²) in [6, 6.07) is 11.3. The van der Waals surface area contributed by atoms with Crippen molar-refractivity contribution in [2.24, 2.45) is 0 Å². The molecule has 1 N–H and O–H groups in total. The van der Waals surface area contributed by atoms with Crippen LogP contribution in [0.3, 0.4) is 0 Å². The van der Waals surface area contributed by atoms with Crippen LogP contribution in [0.1, 0.15) is 23.6 Å². The molecule has 0 unspecified atom stereocenters. The number of benzene rings is 2. The number of nitrogens with one attached hydrogen (secondary N) is 1. The first-order valence-electron chi connectivity index (χ1n) is 9.03. The zero-order chi connectivity index (χ0) is 22.3. The molecule has 0 atom stereocenters. The smallest absolute Gasteiger partial charge is 0.344 e. The Kier molecular flexibility index (Phi) is 9.10. The van der Waals surface area contributed by atoms with Crippen LogP contribution in [0.4, 0.5) is 5.69 Å². The van der Waals surface area contributed by atoms with E-state index in [1.807, 2.05) is 38.1 Å². The molecule has 0 heterocycles. The van der Waals surface area contributed by atoms with Gasteiger partial charge in [-0.05, 0) is 107 Å². The molecular formula is C22H20I2N2O4. The van der Waals surface area contributed by atoms with E-state index in [-0.39, 0.29) is 12.2 Å². The van der Waals surface area contributed by atoms with Crippen LogP contribution in [0.2, 0.25) is 0 Å². The second-order valence-electron chi connectivity index (χ2n) is 6.35. The van der Waals surface area contributed by atoms with Crippen molar-refractivity contribution in [2.45, 2.75) is 20.8 Å². The average Bonchev–Trinajstić information content (AvgIpc) is 2.68. The minimum atomic E-state index is -0.473. The molecule has 2 aromatic carbocycles. The van der Waals surface area contributed by atoms with E-state index in [1.165, 1.54) is 6.08 Å². The largest absolute Gasteiger partial charge is 0.480 e. The van der Waals surface area contributed by atoms with Gasteiger partial charge >= 0.3 is 5.97 Å². The summed E-state index contributed by atoms with van der Waals surface area (Å²) >= 11 is 4.18. The third kappa shape index (κ3) is 6.70. The topological polar surface area (TPSA) is 88.4 Å². The molecule has 2 rings (SSSR count). The van der Waals surface area contributed by atoms with Crippen molar-refractivity contribution in [3.63, 3.8) is 0 Å². The van der Waals surface area contributed by atoms with Gasteiger partial charge in [0.25, 0.3) is 5.91 Å². The third-order valence-corrected chi connectivity index (χ3v) is 5.58. The molecule has 8 heteroatoms. The maximum atomic E-state index is 12.6. The van der Waals surface area contributed by atoms with E-state index in [1.54, 1.807) is 19.1 Å². The molecule has 0 aliphatic rings. The molecule has 1 amide bonds. The first-order valence-corrected chi connectivity index (χ1v) is 11.2. The number of anilines is 1. The fraction of sp³-hybridized carbons (Fsp3) is 0.227. The molecule has 0 fully saturated rings. The number of hydrogen-bond acceptors (Lipinski definition) is 5. The average molecular weight is 630 g/mol. The predicted molar refractivity (Wildman–Crippen MR) is 132 cm³/mol. The molecule has 0 aliphatic carbocycles. The van der Waals surface area contributed by atoms with Gasteiger partial charge < -0.3 is 14.8 Å². The lowest BCUT2D eigenvalue weighted by Gasteiger charge is -2.11. The molecule has 0 aliphatic heterocycles. The number of ether oxygens (including phenoxy) is 2. The van der Waals surface area contributed by atoms with Gasteiger partial charge in [0.1, 0.15) is 17.4 Å². The molecule has 0 spiro atoms. The number of hydrogen-bond donors (Lipinski definition) is 1. The lowest BCUT2D eigenvalue weighted by Crippen LogP contribution is -2.15. The predicted octanol–water partition coefficient (Wildman–Crippen LogP) is 5.00. The highest BCUT2D eigenvalue weighted by molar-refractivity contribution is 14.1. The lowest BCUT2D eigenvalue weighted by molar-refractivity contribution is -0.145. The van der Waals surface area contributed by atoms with Gasteiger partial charge in [-0.1, -0.05) is 12.1 Å². The van der Waals surface area contributed by atoms with Crippen LogP contribution in [-0.2, 0) is 14.3 Å². The van der Waals surface area contributed by atoms with E-state index >= 15 is 0 Å². The first kappa shape index (κ1) is 24.1. The van der Waals surface area contributed by atoms with Crippen LogP contribution >= 0.6 is 45.2 Å². The van der Waals surface area contributed by atoms with Crippen molar-refractivity contribution in [3.05, 3.63) is 59.7 Å². The minimum absolute atomic E-state index is 0.0114. The zero-order valence-electron chi connectivity index (χ0n) is 16.7. The van der Waals surface area contributed by atoms with Crippen molar-refractivity contribution in [3.8, 4) is 11.8 Å². The van der Waals surface area contributed by atoms with Crippen LogP contribution in [0.25, 0.3) is 6.08 Å². The third-order valence-electron chi connectivity index (χ3n) is 3.98. The molecule has 0 radical (unpaired) electrons. The number of halogens is 2. The molecule has 2 aromatic rings. The Morgan fingerprint density at radius 3 is 2.43 bits per heavy atom. The van der Waals surface area contributed by atoms with Gasteiger partial charge in [-0.3, -0.25) is 4.79 Å². The van der Waals surface area contributed by atoms with Crippen LogP contribution in [0.15, 0.2) is 35.9 Å². The van der Waals surface area contributed by atoms with Crippen molar-refractivity contribution in [2.75, 3.05) is 18.5 Å². The summed E-state index contributed by atoms with van der Waals surface area (Å²) in [6.45, 7) is 5.67. The number of aryl methyl sites for hydroxylation is 2. The Bertz CT molecular complexity index is 1020. The van der Waals surface area contributed by atoms with Gasteiger partial charge in [-0.25, -0.2) is 4.79 Å². The fourth-order valence-corrected chi connectivity index (χ4v) is 4.64. The molecular weight excluding hydrogens is 610 g/mol. The van der Waals surface area contributed by atoms with Crippen molar-refractivity contribution >= 4 is 68.8 Å². The van der Waals surface area contributed by atoms with Crippen LogP contribution < -0.4 is 10.1 Å². The second-order valence-corrected chi connectivity index (χ2v) is 8.67. The number of nitrogens with zero attached hydrogens (tertiary/aromatic N) is 1. The fourth-order valence-electron chi connectivity index (χ4n) is 2.51. The zero-order valence-corrected chi connectivity index (χ0v) is 21.0. The van der Waals surface area contributed by atoms with Gasteiger partial charge in [-0.15, -0.1) is 0 Å². The van der Waals surface area contributed by atoms with E-state index < -0.39 is 11.9 Å². The van der Waals surface area contributed by atoms with Gasteiger partial charge in [0.2, 0.25) is 0 Å². The Morgan fingerprint density at radius 1 is 1.17 bits per heavy atom. The SMILES string of the molecule is CCOC(=O)COc1c(I)cc(/C=C(\C#N)C(=O)Nc2cc(C)ccc2C)cc1I. The summed E-state index contributed by atoms with van der Waals surface area (Å²) in [4.78, 5) is 24.1. The molecule has 0 aromatic heterocycles. The number of rotatable bonds is 7. The lowest BCUT2D eigenvalue weighted by atomic mass is 10.1. The van der Waals surface area contributed by atoms with E-state index in [0.717, 1.165) is 18.3 Å². The van der Waals surface area contributed by atoms with Gasteiger partial charge in [-0.2, -0.15) is 5.26 Å². The Hall–Kier alpha value is -2.13. The first-order chi connectivity index (χ1) is 14.2. The Morgan fingerprint density at radius 2 is 1.83 bits per heavy atom. The maximum absolute atomic E-state index is 12.6. The standard InChI is InChI=1S/C22H20I2N2O4/c1-4-29-20(27)12-30-21-17(23)9-15(10-18(21)24)8-16(11-25)22(28)26-19-7-13(2)5-6-14(19)3/h5-10H,4,12H2,1-3H3,(H,26,28)/b16-8+. The number of esters is 1. The number of carbonyl (C=O) groups excluding carboxylic acids is 2. The van der Waals surface area contributed by atoms with Gasteiger partial charge in [0, 0.05) is 5.69 Å². The van der Waals surface area contributed by atoms with Crippen LogP contribution in [-0.4, -0.2) is 25.1 Å². The summed E-state index contributed by atoms with van der Waals surface area (Å²) < 4.78 is 11.9. The Labute approximate surface area is 202 Å². The summed E-state index contributed by atoms with van der Waals surface area (Å²) in [7, 11) is 0. The monoisotopic (exact) mass is 630 g/mol. The van der Waals surface area contributed by atoms with Crippen LogP contribution in [0.5, 0.6) is 5.75 Å². The Balaban J connectivity index is 2.22. The summed E-state index contributed by atoms with van der Waals surface area (Å²) in [5.41, 5.74) is 3.27. The van der Waals surface area contributed by atoms with E-state index in [2.05, 4.69) is 50.5 Å². The van der Waals surface area contributed by atoms with E-state index in [0.29, 0.717) is 23.6 Å². The maximum Gasteiger partial charge on any atom is 0.344 e. The minimum Gasteiger partial charge on any atom is -0.480 e. The number of carbonyl (C=O) groups is 2. The second kappa shape index (κ2) is 11.3. The molecule has 30 heavy (non-hydrogen) atoms. The number of nitriles is 1. The van der Waals surface area contributed by atoms with Gasteiger partial charge in [0.15, 0.2) is 6.61 Å². The quantitative estimate of drug-likeness (QED) is 0.202. The molecule has 6 nitrogen and oxygen atoms in total. The highest BCUT2D eigenvalue weighted by Crippen LogP contribution is 2.30. The summed E-state index contributed by atoms with van der Waals surface area (Å²) in [5.74, 6) is -0.360. The van der Waals surface area contributed by atoms with Crippen molar-refractivity contribution in [1.82, 2.24) is 0 Å². The van der Waals surface area contributed by atoms with Crippen molar-refractivity contribution in [1.29, 1.82) is 5.26 Å². The van der Waals surface area contributed by atoms with E-state index in [9.17, 15) is 14.9 Å². The molecule has 0 saturated carbocycles. The summed E-state index contributed by atoms with van der Waals surface area (Å²) in [5, 5.41) is 12.3. The normalized spacial score (nSPS) is 10.9.